The molecule has 1 fully saturated rings. The van der Waals surface area contributed by atoms with Crippen LogP contribution in [-0.4, -0.2) is 44.5 Å². The topological polar surface area (TPSA) is 77.0 Å². The number of nitrogens with zero attached hydrogens (tertiary/aromatic N) is 4. The molecular weight excluding hydrogens is 298 g/mol. The fourth-order valence-corrected chi connectivity index (χ4v) is 3.22. The Labute approximate surface area is 133 Å². The van der Waals surface area contributed by atoms with Crippen molar-refractivity contribution in [3.63, 3.8) is 0 Å². The molecule has 6 nitrogen and oxygen atoms in total. The lowest BCUT2D eigenvalue weighted by molar-refractivity contribution is -0.127. The van der Waals surface area contributed by atoms with Gasteiger partial charge in [-0.25, -0.2) is 4.68 Å². The zero-order valence-corrected chi connectivity index (χ0v) is 13.3. The Bertz CT molecular complexity index is 661. The van der Waals surface area contributed by atoms with Crippen molar-refractivity contribution in [2.24, 2.45) is 0 Å². The molecule has 0 radical (unpaired) electrons. The predicted octanol–water partition coefficient (Wildman–Crippen LogP) is 1.68. The van der Waals surface area contributed by atoms with E-state index in [1.807, 2.05) is 36.1 Å². The van der Waals surface area contributed by atoms with E-state index in [4.69, 9.17) is 5.84 Å². The first kappa shape index (κ1) is 14.9. The van der Waals surface area contributed by atoms with Crippen LogP contribution in [0.1, 0.15) is 18.4 Å². The summed E-state index contributed by atoms with van der Waals surface area (Å²) in [6.07, 6.45) is 2.20. The fraction of sp³-hybridized carbons (Fsp3) is 0.400. The summed E-state index contributed by atoms with van der Waals surface area (Å²) in [6.45, 7) is 3.76. The SMILES string of the molecule is Cc1ccc(-c2nnc(SCC(=O)N3CCCC3)n2N)cc1. The van der Waals surface area contributed by atoms with Crippen LogP contribution in [0.15, 0.2) is 29.4 Å². The van der Waals surface area contributed by atoms with Gasteiger partial charge in [-0.15, -0.1) is 10.2 Å². The van der Waals surface area contributed by atoms with Crippen molar-refractivity contribution in [1.29, 1.82) is 0 Å². The molecular formula is C15H19N5OS. The minimum Gasteiger partial charge on any atom is -0.342 e. The highest BCUT2D eigenvalue weighted by molar-refractivity contribution is 7.99. The summed E-state index contributed by atoms with van der Waals surface area (Å²) in [4.78, 5) is 13.9. The van der Waals surface area contributed by atoms with Gasteiger partial charge in [0.25, 0.3) is 0 Å². The van der Waals surface area contributed by atoms with Crippen molar-refractivity contribution >= 4 is 17.7 Å². The molecule has 0 spiro atoms. The third-order valence-corrected chi connectivity index (χ3v) is 4.69. The highest BCUT2D eigenvalue weighted by atomic mass is 32.2. The molecule has 1 saturated heterocycles. The van der Waals surface area contributed by atoms with Crippen LogP contribution in [0, 0.1) is 6.92 Å². The highest BCUT2D eigenvalue weighted by Gasteiger charge is 2.19. The lowest BCUT2D eigenvalue weighted by atomic mass is 10.1. The van der Waals surface area contributed by atoms with Crippen LogP contribution < -0.4 is 5.84 Å². The third-order valence-electron chi connectivity index (χ3n) is 3.76. The van der Waals surface area contributed by atoms with Gasteiger partial charge in [0, 0.05) is 18.7 Å². The first-order valence-corrected chi connectivity index (χ1v) is 8.32. The maximum Gasteiger partial charge on any atom is 0.233 e. The van der Waals surface area contributed by atoms with E-state index in [2.05, 4.69) is 10.2 Å². The number of amides is 1. The van der Waals surface area contributed by atoms with Gasteiger partial charge in [0.2, 0.25) is 11.1 Å². The van der Waals surface area contributed by atoms with Gasteiger partial charge in [-0.3, -0.25) is 4.79 Å². The van der Waals surface area contributed by atoms with Gasteiger partial charge in [0.1, 0.15) is 0 Å². The molecule has 1 aliphatic rings. The Balaban J connectivity index is 1.68. The number of aryl methyl sites for hydroxylation is 1. The number of carbonyl (C=O) groups is 1. The van der Waals surface area contributed by atoms with Crippen LogP contribution in [0.2, 0.25) is 0 Å². The summed E-state index contributed by atoms with van der Waals surface area (Å²) in [7, 11) is 0. The predicted molar refractivity (Wildman–Crippen MR) is 86.9 cm³/mol. The quantitative estimate of drug-likeness (QED) is 0.686. The van der Waals surface area contributed by atoms with Crippen molar-refractivity contribution in [2.45, 2.75) is 24.9 Å². The second-order valence-electron chi connectivity index (χ2n) is 5.42. The van der Waals surface area contributed by atoms with E-state index in [9.17, 15) is 4.79 Å². The first-order valence-electron chi connectivity index (χ1n) is 7.33. The van der Waals surface area contributed by atoms with Gasteiger partial charge in [0.05, 0.1) is 5.75 Å². The van der Waals surface area contributed by atoms with Gasteiger partial charge in [-0.1, -0.05) is 41.6 Å². The summed E-state index contributed by atoms with van der Waals surface area (Å²) in [6, 6.07) is 7.94. The van der Waals surface area contributed by atoms with Crippen LogP contribution >= 0.6 is 11.8 Å². The largest absolute Gasteiger partial charge is 0.342 e. The van der Waals surface area contributed by atoms with Crippen LogP contribution in [-0.2, 0) is 4.79 Å². The lowest BCUT2D eigenvalue weighted by Gasteiger charge is -2.14. The van der Waals surface area contributed by atoms with Gasteiger partial charge >= 0.3 is 0 Å². The van der Waals surface area contributed by atoms with E-state index >= 15 is 0 Å². The van der Waals surface area contributed by atoms with Crippen molar-refractivity contribution in [2.75, 3.05) is 24.7 Å². The van der Waals surface area contributed by atoms with Crippen LogP contribution in [0.4, 0.5) is 0 Å². The number of aromatic nitrogens is 3. The minimum absolute atomic E-state index is 0.141. The molecule has 1 aromatic carbocycles. The van der Waals surface area contributed by atoms with E-state index in [1.54, 1.807) is 0 Å². The number of carbonyl (C=O) groups excluding carboxylic acids is 1. The van der Waals surface area contributed by atoms with E-state index < -0.39 is 0 Å². The lowest BCUT2D eigenvalue weighted by Crippen LogP contribution is -2.29. The molecule has 116 valence electrons. The smallest absolute Gasteiger partial charge is 0.233 e. The summed E-state index contributed by atoms with van der Waals surface area (Å²) in [5, 5.41) is 8.79. The van der Waals surface area contributed by atoms with Crippen LogP contribution in [0.3, 0.4) is 0 Å². The van der Waals surface area contributed by atoms with E-state index in [-0.39, 0.29) is 5.91 Å². The Kier molecular flexibility index (Phi) is 4.33. The van der Waals surface area contributed by atoms with Gasteiger partial charge in [0.15, 0.2) is 5.82 Å². The van der Waals surface area contributed by atoms with Crippen molar-refractivity contribution in [1.82, 2.24) is 19.8 Å². The normalized spacial score (nSPS) is 14.5. The number of hydrogen-bond acceptors (Lipinski definition) is 5. The zero-order chi connectivity index (χ0) is 15.5. The molecule has 0 bridgehead atoms. The summed E-state index contributed by atoms with van der Waals surface area (Å²) >= 11 is 1.33. The average molecular weight is 317 g/mol. The molecule has 2 heterocycles. The number of benzene rings is 1. The Hall–Kier alpha value is -2.02. The number of nitrogen functional groups attached to an aromatic ring is 1. The van der Waals surface area contributed by atoms with E-state index in [1.165, 1.54) is 22.0 Å². The van der Waals surface area contributed by atoms with Crippen molar-refractivity contribution in [3.8, 4) is 11.4 Å². The highest BCUT2D eigenvalue weighted by Crippen LogP contribution is 2.22. The summed E-state index contributed by atoms with van der Waals surface area (Å²) in [5.41, 5.74) is 2.09. The van der Waals surface area contributed by atoms with Gasteiger partial charge < -0.3 is 10.7 Å². The van der Waals surface area contributed by atoms with Crippen molar-refractivity contribution < 1.29 is 4.79 Å². The summed E-state index contributed by atoms with van der Waals surface area (Å²) in [5.74, 6) is 7.16. The van der Waals surface area contributed by atoms with Crippen LogP contribution in [0.5, 0.6) is 0 Å². The number of rotatable bonds is 4. The van der Waals surface area contributed by atoms with Crippen molar-refractivity contribution in [3.05, 3.63) is 29.8 Å². The van der Waals surface area contributed by atoms with E-state index in [0.29, 0.717) is 16.7 Å². The number of nitrogens with two attached hydrogens (primary N) is 1. The van der Waals surface area contributed by atoms with Gasteiger partial charge in [-0.2, -0.15) is 0 Å². The molecule has 22 heavy (non-hydrogen) atoms. The third kappa shape index (κ3) is 3.09. The molecule has 3 rings (SSSR count). The molecule has 1 aromatic heterocycles. The molecule has 1 aliphatic heterocycles. The standard InChI is InChI=1S/C15H19N5OS/c1-11-4-6-12(7-5-11)14-17-18-15(20(14)16)22-10-13(21)19-8-2-3-9-19/h4-7H,2-3,8-10,16H2,1H3. The molecule has 2 aromatic rings. The Morgan fingerprint density at radius 3 is 2.59 bits per heavy atom. The first-order chi connectivity index (χ1) is 10.6. The molecule has 7 heteroatoms. The zero-order valence-electron chi connectivity index (χ0n) is 12.5. The second kappa shape index (κ2) is 6.39. The molecule has 0 atom stereocenters. The average Bonchev–Trinajstić information content (AvgIpc) is 3.16. The minimum atomic E-state index is 0.141. The second-order valence-corrected chi connectivity index (χ2v) is 6.36. The maximum absolute atomic E-state index is 12.1. The molecule has 0 unspecified atom stereocenters. The molecule has 0 aliphatic carbocycles. The van der Waals surface area contributed by atoms with Gasteiger partial charge in [-0.05, 0) is 19.8 Å². The Morgan fingerprint density at radius 1 is 1.23 bits per heavy atom. The maximum atomic E-state index is 12.1. The summed E-state index contributed by atoms with van der Waals surface area (Å²) < 4.78 is 1.45. The number of hydrogen-bond donors (Lipinski definition) is 1. The molecule has 2 N–H and O–H groups in total. The monoisotopic (exact) mass is 317 g/mol. The molecule has 0 saturated carbocycles. The number of likely N-dealkylation sites (tertiary alicyclic amines) is 1. The molecule has 1 amide bonds. The van der Waals surface area contributed by atoms with Crippen LogP contribution in [0.25, 0.3) is 11.4 Å². The van der Waals surface area contributed by atoms with E-state index in [0.717, 1.165) is 31.5 Å². The Morgan fingerprint density at radius 2 is 1.91 bits per heavy atom. The fourth-order valence-electron chi connectivity index (χ4n) is 2.46. The number of thioether (sulfide) groups is 1.